The molecule has 3 heterocycles. The smallest absolute Gasteiger partial charge is 0.191 e. The average Bonchev–Trinajstić information content (AvgIpc) is 3.24. The van der Waals surface area contributed by atoms with Crippen LogP contribution in [0.25, 0.3) is 0 Å². The molecular weight excluding hydrogens is 330 g/mol. The van der Waals surface area contributed by atoms with Gasteiger partial charge in [0, 0.05) is 43.4 Å². The highest BCUT2D eigenvalue weighted by Crippen LogP contribution is 2.20. The van der Waals surface area contributed by atoms with Crippen molar-refractivity contribution in [2.75, 3.05) is 19.3 Å². The second-order valence-corrected chi connectivity index (χ2v) is 7.47. The van der Waals surface area contributed by atoms with Crippen LogP contribution in [0.4, 0.5) is 0 Å². The minimum atomic E-state index is 0.347. The fraction of sp³-hybridized carbons (Fsp3) is 0.571. The van der Waals surface area contributed by atoms with Gasteiger partial charge in [-0.2, -0.15) is 5.10 Å². The maximum Gasteiger partial charge on any atom is 0.191 e. The van der Waals surface area contributed by atoms with Crippen LogP contribution >= 0.6 is 23.1 Å². The van der Waals surface area contributed by atoms with Crippen molar-refractivity contribution >= 4 is 29.1 Å². The number of nitrogens with one attached hydrogen (secondary N) is 2. The lowest BCUT2D eigenvalue weighted by atomic mass is 10.1. The minimum Gasteiger partial charge on any atom is -0.356 e. The molecule has 0 radical (unpaired) electrons. The molecule has 0 aliphatic carbocycles. The normalized spacial score (nSPS) is 17.8. The summed E-state index contributed by atoms with van der Waals surface area (Å²) < 4.78 is 3.11. The van der Waals surface area contributed by atoms with E-state index in [2.05, 4.69) is 30.7 Å². The van der Waals surface area contributed by atoms with E-state index in [4.69, 9.17) is 0 Å². The number of hydrogen-bond donors (Lipinski definition) is 2. The van der Waals surface area contributed by atoms with Crippen molar-refractivity contribution < 1.29 is 0 Å². The SMILES string of the molecule is CN=C(NCCCSc1nccs1)NC1CCc2ncnn2C1. The third-order valence-electron chi connectivity index (χ3n) is 3.62. The largest absolute Gasteiger partial charge is 0.356 e. The summed E-state index contributed by atoms with van der Waals surface area (Å²) in [5.74, 6) is 2.99. The van der Waals surface area contributed by atoms with Crippen molar-refractivity contribution in [3.63, 3.8) is 0 Å². The monoisotopic (exact) mass is 351 g/mol. The first-order valence-electron chi connectivity index (χ1n) is 7.71. The van der Waals surface area contributed by atoms with Gasteiger partial charge in [-0.05, 0) is 12.8 Å². The van der Waals surface area contributed by atoms with Crippen molar-refractivity contribution in [1.82, 2.24) is 30.4 Å². The number of thioether (sulfide) groups is 1. The molecular formula is C14H21N7S2. The van der Waals surface area contributed by atoms with Crippen molar-refractivity contribution in [2.24, 2.45) is 4.99 Å². The molecule has 23 heavy (non-hydrogen) atoms. The number of thiazole rings is 1. The number of rotatable bonds is 6. The molecule has 1 aliphatic rings. The molecule has 0 saturated heterocycles. The van der Waals surface area contributed by atoms with E-state index in [-0.39, 0.29) is 0 Å². The van der Waals surface area contributed by atoms with Crippen LogP contribution in [0, 0.1) is 0 Å². The Bertz CT molecular complexity index is 623. The van der Waals surface area contributed by atoms with Gasteiger partial charge in [0.15, 0.2) is 5.96 Å². The van der Waals surface area contributed by atoms with Gasteiger partial charge in [0.25, 0.3) is 0 Å². The highest BCUT2D eigenvalue weighted by Gasteiger charge is 2.20. The Balaban J connectivity index is 1.35. The maximum atomic E-state index is 4.31. The highest BCUT2D eigenvalue weighted by molar-refractivity contribution is 8.00. The lowest BCUT2D eigenvalue weighted by Crippen LogP contribution is -2.47. The lowest BCUT2D eigenvalue weighted by molar-refractivity contribution is 0.393. The molecule has 2 aromatic heterocycles. The van der Waals surface area contributed by atoms with Crippen LogP contribution in [0.2, 0.25) is 0 Å². The summed E-state index contributed by atoms with van der Waals surface area (Å²) in [6, 6.07) is 0.347. The molecule has 9 heteroatoms. The van der Waals surface area contributed by atoms with E-state index in [0.717, 1.165) is 54.2 Å². The Hall–Kier alpha value is -1.61. The molecule has 0 bridgehead atoms. The third-order valence-corrected chi connectivity index (χ3v) is 5.67. The number of nitrogens with zero attached hydrogens (tertiary/aromatic N) is 5. The number of aryl methyl sites for hydroxylation is 1. The number of aliphatic imine (C=N–C) groups is 1. The van der Waals surface area contributed by atoms with Gasteiger partial charge >= 0.3 is 0 Å². The van der Waals surface area contributed by atoms with Crippen molar-refractivity contribution in [1.29, 1.82) is 0 Å². The third kappa shape index (κ3) is 4.68. The van der Waals surface area contributed by atoms with Gasteiger partial charge in [-0.25, -0.2) is 14.6 Å². The minimum absolute atomic E-state index is 0.347. The van der Waals surface area contributed by atoms with Crippen LogP contribution in [0.5, 0.6) is 0 Å². The molecule has 0 saturated carbocycles. The van der Waals surface area contributed by atoms with E-state index in [1.165, 1.54) is 0 Å². The first-order valence-corrected chi connectivity index (χ1v) is 9.58. The van der Waals surface area contributed by atoms with Gasteiger partial charge in [-0.3, -0.25) is 4.99 Å². The van der Waals surface area contributed by atoms with Crippen LogP contribution < -0.4 is 10.6 Å². The van der Waals surface area contributed by atoms with Gasteiger partial charge < -0.3 is 10.6 Å². The summed E-state index contributed by atoms with van der Waals surface area (Å²) in [4.78, 5) is 12.8. The molecule has 7 nitrogen and oxygen atoms in total. The Morgan fingerprint density at radius 2 is 2.48 bits per heavy atom. The quantitative estimate of drug-likeness (QED) is 0.354. The average molecular weight is 352 g/mol. The molecule has 2 aromatic rings. The highest BCUT2D eigenvalue weighted by atomic mass is 32.2. The molecule has 1 atom stereocenters. The second kappa shape index (κ2) is 8.30. The first kappa shape index (κ1) is 16.3. The molecule has 124 valence electrons. The van der Waals surface area contributed by atoms with E-state index in [1.807, 2.05) is 23.3 Å². The zero-order valence-corrected chi connectivity index (χ0v) is 14.7. The molecule has 1 aliphatic heterocycles. The molecule has 3 rings (SSSR count). The van der Waals surface area contributed by atoms with Gasteiger partial charge in [0.1, 0.15) is 16.5 Å². The molecule has 1 unspecified atom stereocenters. The Morgan fingerprint density at radius 1 is 1.52 bits per heavy atom. The maximum absolute atomic E-state index is 4.31. The summed E-state index contributed by atoms with van der Waals surface area (Å²) in [5.41, 5.74) is 0. The van der Waals surface area contributed by atoms with Crippen LogP contribution in [-0.2, 0) is 13.0 Å². The number of aromatic nitrogens is 4. The lowest BCUT2D eigenvalue weighted by Gasteiger charge is -2.25. The molecule has 0 aromatic carbocycles. The van der Waals surface area contributed by atoms with E-state index >= 15 is 0 Å². The molecule has 2 N–H and O–H groups in total. The Morgan fingerprint density at radius 3 is 3.30 bits per heavy atom. The van der Waals surface area contributed by atoms with Crippen molar-refractivity contribution in [3.8, 4) is 0 Å². The molecule has 0 fully saturated rings. The van der Waals surface area contributed by atoms with Crippen LogP contribution in [-0.4, -0.2) is 51.1 Å². The van der Waals surface area contributed by atoms with Crippen molar-refractivity contribution in [3.05, 3.63) is 23.7 Å². The fourth-order valence-corrected chi connectivity index (χ4v) is 4.11. The zero-order valence-electron chi connectivity index (χ0n) is 13.1. The molecule has 0 spiro atoms. The summed E-state index contributed by atoms with van der Waals surface area (Å²) in [5, 5.41) is 13.1. The molecule has 0 amide bonds. The second-order valence-electron chi connectivity index (χ2n) is 5.24. The number of fused-ring (bicyclic) bond motifs is 1. The van der Waals surface area contributed by atoms with Gasteiger partial charge in [-0.15, -0.1) is 11.3 Å². The summed E-state index contributed by atoms with van der Waals surface area (Å²) >= 11 is 3.50. The van der Waals surface area contributed by atoms with E-state index in [9.17, 15) is 0 Å². The van der Waals surface area contributed by atoms with E-state index in [1.54, 1.807) is 29.4 Å². The van der Waals surface area contributed by atoms with Crippen LogP contribution in [0.1, 0.15) is 18.7 Å². The van der Waals surface area contributed by atoms with Gasteiger partial charge in [0.2, 0.25) is 0 Å². The number of guanidine groups is 1. The summed E-state index contributed by atoms with van der Waals surface area (Å²) in [7, 11) is 1.81. The van der Waals surface area contributed by atoms with E-state index in [0.29, 0.717) is 6.04 Å². The Labute approximate surface area is 144 Å². The zero-order chi connectivity index (χ0) is 15.9. The predicted molar refractivity (Wildman–Crippen MR) is 94.1 cm³/mol. The fourth-order valence-electron chi connectivity index (χ4n) is 2.46. The van der Waals surface area contributed by atoms with Gasteiger partial charge in [0.05, 0.1) is 6.54 Å². The number of hydrogen-bond acceptors (Lipinski definition) is 6. The van der Waals surface area contributed by atoms with Crippen molar-refractivity contribution in [2.45, 2.75) is 36.2 Å². The standard InChI is InChI=1S/C14H21N7S2/c1-15-13(16-5-2-7-22-14-17-6-8-23-14)20-11-3-4-12-18-10-19-21(12)9-11/h6,8,10-11H,2-5,7,9H2,1H3,(H2,15,16,20). The van der Waals surface area contributed by atoms with Gasteiger partial charge in [-0.1, -0.05) is 11.8 Å². The van der Waals surface area contributed by atoms with E-state index < -0.39 is 0 Å². The van der Waals surface area contributed by atoms with Crippen LogP contribution in [0.15, 0.2) is 27.2 Å². The topological polar surface area (TPSA) is 80.0 Å². The van der Waals surface area contributed by atoms with Crippen LogP contribution in [0.3, 0.4) is 0 Å². The summed E-state index contributed by atoms with van der Waals surface area (Å²) in [6.45, 7) is 1.75. The Kier molecular flexibility index (Phi) is 5.87. The predicted octanol–water partition coefficient (Wildman–Crippen LogP) is 1.40. The summed E-state index contributed by atoms with van der Waals surface area (Å²) in [6.07, 6.45) is 6.56. The first-order chi connectivity index (χ1) is 11.3.